The number of fused-ring (bicyclic) bond motifs is 2. The van der Waals surface area contributed by atoms with Crippen molar-refractivity contribution in [3.63, 3.8) is 0 Å². The number of para-hydroxylation sites is 1. The van der Waals surface area contributed by atoms with Crippen molar-refractivity contribution in [3.05, 3.63) is 114 Å². The van der Waals surface area contributed by atoms with Crippen LogP contribution >= 0.6 is 0 Å². The second-order valence-corrected chi connectivity index (χ2v) is 7.83. The summed E-state index contributed by atoms with van der Waals surface area (Å²) in [5.74, 6) is -1.19. The van der Waals surface area contributed by atoms with Gasteiger partial charge in [0.05, 0.1) is 22.8 Å². The summed E-state index contributed by atoms with van der Waals surface area (Å²) < 4.78 is 55.6. The Labute approximate surface area is 196 Å². The summed E-state index contributed by atoms with van der Waals surface area (Å²) in [5.41, 5.74) is -0.327. The summed E-state index contributed by atoms with van der Waals surface area (Å²) in [6, 6.07) is 15.0. The number of hydrogen-bond acceptors (Lipinski definition) is 4. The SMILES string of the molecule is O=C(N[C@@H](c1cnc2c(F)cccc2c1)c1ncccc1C(F)(F)F)c1ccc2cccnc2c1. The molecular formula is C26H16F4N4O. The van der Waals surface area contributed by atoms with Crippen molar-refractivity contribution in [3.8, 4) is 0 Å². The van der Waals surface area contributed by atoms with Gasteiger partial charge in [-0.3, -0.25) is 19.7 Å². The van der Waals surface area contributed by atoms with E-state index >= 15 is 0 Å². The second kappa shape index (κ2) is 8.75. The number of hydrogen-bond donors (Lipinski definition) is 1. The molecule has 35 heavy (non-hydrogen) atoms. The zero-order valence-corrected chi connectivity index (χ0v) is 17.9. The molecule has 3 aromatic heterocycles. The van der Waals surface area contributed by atoms with Crippen LogP contribution in [0, 0.1) is 5.82 Å². The van der Waals surface area contributed by atoms with E-state index in [1.54, 1.807) is 36.5 Å². The van der Waals surface area contributed by atoms with E-state index in [0.29, 0.717) is 10.9 Å². The Balaban J connectivity index is 1.62. The fraction of sp³-hybridized carbons (Fsp3) is 0.0769. The molecule has 0 spiro atoms. The Bertz CT molecular complexity index is 1570. The topological polar surface area (TPSA) is 67.8 Å². The highest BCUT2D eigenvalue weighted by molar-refractivity contribution is 5.98. The molecule has 0 saturated carbocycles. The third-order valence-corrected chi connectivity index (χ3v) is 5.58. The third kappa shape index (κ3) is 4.40. The number of halogens is 4. The minimum atomic E-state index is -4.71. The standard InChI is InChI=1S/C26H16F4N4O/c27-20-7-1-4-16-12-18(14-33-22(16)20)23(24-19(26(28,29)30)6-3-11-32-24)34-25(35)17-9-8-15-5-2-10-31-21(15)13-17/h1-14,23H,(H,34,35)/t23-/m0/s1. The van der Waals surface area contributed by atoms with Crippen LogP contribution < -0.4 is 5.32 Å². The van der Waals surface area contributed by atoms with Crippen LogP contribution in [0.3, 0.4) is 0 Å². The van der Waals surface area contributed by atoms with Gasteiger partial charge in [-0.1, -0.05) is 24.3 Å². The van der Waals surface area contributed by atoms with E-state index in [4.69, 9.17) is 0 Å². The molecule has 1 atom stereocenters. The molecule has 174 valence electrons. The summed E-state index contributed by atoms with van der Waals surface area (Å²) in [6.07, 6.45) is -0.670. The van der Waals surface area contributed by atoms with Gasteiger partial charge in [0.15, 0.2) is 0 Å². The Morgan fingerprint density at radius 1 is 0.857 bits per heavy atom. The lowest BCUT2D eigenvalue weighted by Crippen LogP contribution is -2.31. The number of carbonyl (C=O) groups excluding carboxylic acids is 1. The van der Waals surface area contributed by atoms with E-state index in [1.165, 1.54) is 36.7 Å². The molecule has 5 rings (SSSR count). The van der Waals surface area contributed by atoms with Gasteiger partial charge in [-0.15, -0.1) is 0 Å². The Hall–Kier alpha value is -4.40. The molecule has 3 heterocycles. The molecule has 0 unspecified atom stereocenters. The largest absolute Gasteiger partial charge is 0.418 e. The number of amides is 1. The van der Waals surface area contributed by atoms with E-state index in [2.05, 4.69) is 20.3 Å². The normalized spacial score (nSPS) is 12.6. The summed E-state index contributed by atoms with van der Waals surface area (Å²) in [7, 11) is 0. The van der Waals surface area contributed by atoms with E-state index in [-0.39, 0.29) is 16.6 Å². The zero-order valence-electron chi connectivity index (χ0n) is 17.9. The maximum atomic E-state index is 14.1. The van der Waals surface area contributed by atoms with Crippen LogP contribution in [0.25, 0.3) is 21.8 Å². The summed E-state index contributed by atoms with van der Waals surface area (Å²) in [4.78, 5) is 25.5. The average molecular weight is 476 g/mol. The van der Waals surface area contributed by atoms with Crippen LogP contribution in [-0.4, -0.2) is 20.9 Å². The molecule has 0 bridgehead atoms. The van der Waals surface area contributed by atoms with Crippen LogP contribution in [0.4, 0.5) is 17.6 Å². The average Bonchev–Trinajstić information content (AvgIpc) is 2.86. The number of nitrogens with zero attached hydrogens (tertiary/aromatic N) is 3. The van der Waals surface area contributed by atoms with E-state index < -0.39 is 35.2 Å². The van der Waals surface area contributed by atoms with Gasteiger partial charge in [0.2, 0.25) is 0 Å². The number of benzene rings is 2. The second-order valence-electron chi connectivity index (χ2n) is 7.83. The van der Waals surface area contributed by atoms with Gasteiger partial charge in [0, 0.05) is 34.9 Å². The lowest BCUT2D eigenvalue weighted by molar-refractivity contribution is -0.138. The molecule has 5 aromatic rings. The molecule has 1 N–H and O–H groups in total. The van der Waals surface area contributed by atoms with Gasteiger partial charge in [0.25, 0.3) is 5.91 Å². The number of carbonyl (C=O) groups is 1. The highest BCUT2D eigenvalue weighted by Crippen LogP contribution is 2.36. The highest BCUT2D eigenvalue weighted by atomic mass is 19.4. The summed E-state index contributed by atoms with van der Waals surface area (Å²) in [5, 5.41) is 3.85. The quantitative estimate of drug-likeness (QED) is 0.330. The summed E-state index contributed by atoms with van der Waals surface area (Å²) in [6.45, 7) is 0. The maximum Gasteiger partial charge on any atom is 0.418 e. The van der Waals surface area contributed by atoms with Gasteiger partial charge in [0.1, 0.15) is 11.3 Å². The third-order valence-electron chi connectivity index (χ3n) is 5.58. The first-order chi connectivity index (χ1) is 16.8. The van der Waals surface area contributed by atoms with Gasteiger partial charge < -0.3 is 5.32 Å². The Kier molecular flexibility index (Phi) is 5.60. The molecule has 0 fully saturated rings. The van der Waals surface area contributed by atoms with Gasteiger partial charge >= 0.3 is 6.18 Å². The van der Waals surface area contributed by atoms with Gasteiger partial charge in [-0.2, -0.15) is 13.2 Å². The van der Waals surface area contributed by atoms with Crippen LogP contribution in [0.2, 0.25) is 0 Å². The lowest BCUT2D eigenvalue weighted by atomic mass is 9.98. The van der Waals surface area contributed by atoms with Crippen molar-refractivity contribution >= 4 is 27.7 Å². The van der Waals surface area contributed by atoms with Crippen molar-refractivity contribution in [2.75, 3.05) is 0 Å². The monoisotopic (exact) mass is 476 g/mol. The molecule has 0 aliphatic heterocycles. The van der Waals surface area contributed by atoms with Crippen LogP contribution in [0.5, 0.6) is 0 Å². The molecule has 0 radical (unpaired) electrons. The Morgan fingerprint density at radius 2 is 1.63 bits per heavy atom. The molecule has 5 nitrogen and oxygen atoms in total. The maximum absolute atomic E-state index is 14.1. The number of rotatable bonds is 4. The van der Waals surface area contributed by atoms with E-state index in [0.717, 1.165) is 11.5 Å². The molecule has 0 aliphatic carbocycles. The highest BCUT2D eigenvalue weighted by Gasteiger charge is 2.37. The van der Waals surface area contributed by atoms with Crippen molar-refractivity contribution in [2.45, 2.75) is 12.2 Å². The fourth-order valence-corrected chi connectivity index (χ4v) is 3.92. The first-order valence-electron chi connectivity index (χ1n) is 10.5. The number of alkyl halides is 3. The molecule has 2 aromatic carbocycles. The number of pyridine rings is 3. The van der Waals surface area contributed by atoms with Crippen LogP contribution in [-0.2, 0) is 6.18 Å². The molecule has 0 saturated heterocycles. The van der Waals surface area contributed by atoms with Gasteiger partial charge in [-0.25, -0.2) is 4.39 Å². The molecule has 0 aliphatic rings. The first kappa shape index (κ1) is 22.4. The smallest absolute Gasteiger partial charge is 0.339 e. The molecular weight excluding hydrogens is 460 g/mol. The lowest BCUT2D eigenvalue weighted by Gasteiger charge is -2.22. The summed E-state index contributed by atoms with van der Waals surface area (Å²) >= 11 is 0. The Morgan fingerprint density at radius 3 is 2.46 bits per heavy atom. The van der Waals surface area contributed by atoms with E-state index in [1.807, 2.05) is 6.07 Å². The fourth-order valence-electron chi connectivity index (χ4n) is 3.92. The molecule has 1 amide bonds. The minimum Gasteiger partial charge on any atom is -0.339 e. The van der Waals surface area contributed by atoms with Crippen molar-refractivity contribution in [1.82, 2.24) is 20.3 Å². The van der Waals surface area contributed by atoms with Gasteiger partial charge in [-0.05, 0) is 48.0 Å². The predicted molar refractivity (Wildman–Crippen MR) is 122 cm³/mol. The zero-order chi connectivity index (χ0) is 24.6. The van der Waals surface area contributed by atoms with Crippen LogP contribution in [0.1, 0.15) is 33.2 Å². The van der Waals surface area contributed by atoms with Crippen molar-refractivity contribution in [2.24, 2.45) is 0 Å². The van der Waals surface area contributed by atoms with Crippen molar-refractivity contribution < 1.29 is 22.4 Å². The van der Waals surface area contributed by atoms with Crippen molar-refractivity contribution in [1.29, 1.82) is 0 Å². The van der Waals surface area contributed by atoms with Crippen LogP contribution in [0.15, 0.2) is 85.3 Å². The predicted octanol–water partition coefficient (Wildman–Crippen LogP) is 5.86. The number of nitrogens with one attached hydrogen (secondary N) is 1. The minimum absolute atomic E-state index is 0.0685. The first-order valence-corrected chi connectivity index (χ1v) is 10.5. The number of aromatic nitrogens is 3. The molecule has 9 heteroatoms. The van der Waals surface area contributed by atoms with E-state index in [9.17, 15) is 22.4 Å².